The molecule has 19 heavy (non-hydrogen) atoms. The number of ether oxygens (including phenoxy) is 1. The molecule has 1 amide bonds. The van der Waals surface area contributed by atoms with Crippen molar-refractivity contribution in [1.29, 1.82) is 0 Å². The van der Waals surface area contributed by atoms with Crippen molar-refractivity contribution in [3.05, 3.63) is 29.8 Å². The summed E-state index contributed by atoms with van der Waals surface area (Å²) in [5.41, 5.74) is 7.61. The number of amides is 1. The van der Waals surface area contributed by atoms with E-state index in [1.54, 1.807) is 7.11 Å². The third-order valence-electron chi connectivity index (χ3n) is 3.42. The Morgan fingerprint density at radius 3 is 2.89 bits per heavy atom. The van der Waals surface area contributed by atoms with Gasteiger partial charge in [0, 0.05) is 31.8 Å². The first-order chi connectivity index (χ1) is 9.20. The predicted molar refractivity (Wildman–Crippen MR) is 75.8 cm³/mol. The Bertz CT molecular complexity index is 430. The molecular weight excluding hydrogens is 240 g/mol. The summed E-state index contributed by atoms with van der Waals surface area (Å²) < 4.78 is 5.07. The molecule has 0 aliphatic heterocycles. The van der Waals surface area contributed by atoms with Gasteiger partial charge in [-0.2, -0.15) is 0 Å². The number of hydrogen-bond acceptors (Lipinski definition) is 3. The van der Waals surface area contributed by atoms with Crippen LogP contribution in [0.1, 0.15) is 24.8 Å². The number of carbonyl (C=O) groups excluding carboxylic acids is 1. The first-order valence-electron chi connectivity index (χ1n) is 6.83. The van der Waals surface area contributed by atoms with E-state index in [4.69, 9.17) is 10.5 Å². The zero-order chi connectivity index (χ0) is 13.7. The molecule has 1 aliphatic rings. The van der Waals surface area contributed by atoms with E-state index in [1.165, 1.54) is 0 Å². The van der Waals surface area contributed by atoms with Gasteiger partial charge in [0.15, 0.2) is 0 Å². The predicted octanol–water partition coefficient (Wildman–Crippen LogP) is 1.84. The van der Waals surface area contributed by atoms with Crippen LogP contribution in [0.25, 0.3) is 0 Å². The molecule has 0 unspecified atom stereocenters. The molecule has 0 radical (unpaired) electrons. The third-order valence-corrected chi connectivity index (χ3v) is 3.42. The molecule has 4 heteroatoms. The van der Waals surface area contributed by atoms with Crippen molar-refractivity contribution in [1.82, 2.24) is 4.90 Å². The average molecular weight is 262 g/mol. The molecule has 1 saturated carbocycles. The summed E-state index contributed by atoms with van der Waals surface area (Å²) in [6, 6.07) is 8.19. The van der Waals surface area contributed by atoms with Crippen LogP contribution in [0.15, 0.2) is 24.3 Å². The first-order valence-corrected chi connectivity index (χ1v) is 6.83. The minimum Gasteiger partial charge on any atom is -0.399 e. The lowest BCUT2D eigenvalue weighted by atomic mass is 10.1. The van der Waals surface area contributed by atoms with Gasteiger partial charge < -0.3 is 15.4 Å². The van der Waals surface area contributed by atoms with Crippen LogP contribution in [0.3, 0.4) is 0 Å². The van der Waals surface area contributed by atoms with Gasteiger partial charge in [-0.1, -0.05) is 12.1 Å². The monoisotopic (exact) mass is 262 g/mol. The van der Waals surface area contributed by atoms with Gasteiger partial charge in [-0.25, -0.2) is 0 Å². The molecule has 0 atom stereocenters. The number of carbonyl (C=O) groups is 1. The molecule has 2 rings (SSSR count). The summed E-state index contributed by atoms with van der Waals surface area (Å²) in [5, 5.41) is 0. The van der Waals surface area contributed by atoms with Gasteiger partial charge in [0.25, 0.3) is 0 Å². The van der Waals surface area contributed by atoms with E-state index < -0.39 is 0 Å². The van der Waals surface area contributed by atoms with E-state index in [-0.39, 0.29) is 5.91 Å². The van der Waals surface area contributed by atoms with Gasteiger partial charge in [0.2, 0.25) is 5.91 Å². The smallest absolute Gasteiger partial charge is 0.223 e. The minimum atomic E-state index is 0.224. The van der Waals surface area contributed by atoms with E-state index in [9.17, 15) is 4.79 Å². The Morgan fingerprint density at radius 1 is 1.47 bits per heavy atom. The number of nitrogen functional groups attached to an aromatic ring is 1. The van der Waals surface area contributed by atoms with Gasteiger partial charge in [-0.05, 0) is 37.0 Å². The second-order valence-corrected chi connectivity index (χ2v) is 5.06. The average Bonchev–Trinajstić information content (AvgIpc) is 3.21. The standard InChI is InChI=1S/C15H22N2O2/c1-19-10-9-17(14-6-7-14)15(18)8-5-12-3-2-4-13(16)11-12/h2-4,11,14H,5-10,16H2,1H3. The molecule has 1 aliphatic carbocycles. The number of anilines is 1. The zero-order valence-electron chi connectivity index (χ0n) is 11.5. The summed E-state index contributed by atoms with van der Waals surface area (Å²) >= 11 is 0. The Kier molecular flexibility index (Phi) is 4.80. The van der Waals surface area contributed by atoms with Crippen molar-refractivity contribution in [3.63, 3.8) is 0 Å². The van der Waals surface area contributed by atoms with E-state index in [0.717, 1.165) is 30.5 Å². The number of aryl methyl sites for hydroxylation is 1. The van der Waals surface area contributed by atoms with Gasteiger partial charge in [0.1, 0.15) is 0 Å². The highest BCUT2D eigenvalue weighted by Gasteiger charge is 2.31. The van der Waals surface area contributed by atoms with Gasteiger partial charge in [-0.15, -0.1) is 0 Å². The summed E-state index contributed by atoms with van der Waals surface area (Å²) in [7, 11) is 1.67. The number of benzene rings is 1. The van der Waals surface area contributed by atoms with Gasteiger partial charge in [0.05, 0.1) is 6.61 Å². The SMILES string of the molecule is COCCN(C(=O)CCc1cccc(N)c1)C1CC1. The van der Waals surface area contributed by atoms with E-state index in [0.29, 0.717) is 25.6 Å². The molecule has 0 saturated heterocycles. The van der Waals surface area contributed by atoms with Crippen LogP contribution in [0.5, 0.6) is 0 Å². The van der Waals surface area contributed by atoms with Crippen LogP contribution >= 0.6 is 0 Å². The molecule has 0 bridgehead atoms. The Hall–Kier alpha value is -1.55. The molecular formula is C15H22N2O2. The fourth-order valence-corrected chi connectivity index (χ4v) is 2.23. The lowest BCUT2D eigenvalue weighted by Gasteiger charge is -2.22. The van der Waals surface area contributed by atoms with Crippen molar-refractivity contribution in [2.45, 2.75) is 31.7 Å². The van der Waals surface area contributed by atoms with E-state index in [2.05, 4.69) is 0 Å². The number of hydrogen-bond donors (Lipinski definition) is 1. The number of nitrogens with zero attached hydrogens (tertiary/aromatic N) is 1. The molecule has 1 aromatic carbocycles. The molecule has 0 heterocycles. The quantitative estimate of drug-likeness (QED) is 0.763. The van der Waals surface area contributed by atoms with Crippen LogP contribution in [-0.2, 0) is 16.0 Å². The lowest BCUT2D eigenvalue weighted by molar-refractivity contribution is -0.132. The van der Waals surface area contributed by atoms with Gasteiger partial charge >= 0.3 is 0 Å². The number of nitrogens with two attached hydrogens (primary N) is 1. The minimum absolute atomic E-state index is 0.224. The van der Waals surface area contributed by atoms with Crippen molar-refractivity contribution in [2.24, 2.45) is 0 Å². The fraction of sp³-hybridized carbons (Fsp3) is 0.533. The molecule has 4 nitrogen and oxygen atoms in total. The summed E-state index contributed by atoms with van der Waals surface area (Å²) in [6.07, 6.45) is 3.56. The maximum Gasteiger partial charge on any atom is 0.223 e. The summed E-state index contributed by atoms with van der Waals surface area (Å²) in [6.45, 7) is 1.32. The molecule has 2 N–H and O–H groups in total. The summed E-state index contributed by atoms with van der Waals surface area (Å²) in [5.74, 6) is 0.224. The fourth-order valence-electron chi connectivity index (χ4n) is 2.23. The van der Waals surface area contributed by atoms with Crippen molar-refractivity contribution >= 4 is 11.6 Å². The molecule has 104 valence electrons. The lowest BCUT2D eigenvalue weighted by Crippen LogP contribution is -2.35. The maximum absolute atomic E-state index is 12.2. The van der Waals surface area contributed by atoms with Crippen LogP contribution in [-0.4, -0.2) is 37.1 Å². The largest absolute Gasteiger partial charge is 0.399 e. The van der Waals surface area contributed by atoms with Crippen LogP contribution < -0.4 is 5.73 Å². The highest BCUT2D eigenvalue weighted by molar-refractivity contribution is 5.77. The Labute approximate surface area is 114 Å². The topological polar surface area (TPSA) is 55.6 Å². The summed E-state index contributed by atoms with van der Waals surface area (Å²) in [4.78, 5) is 14.2. The number of methoxy groups -OCH3 is 1. The van der Waals surface area contributed by atoms with Crippen molar-refractivity contribution < 1.29 is 9.53 Å². The molecule has 1 aromatic rings. The third kappa shape index (κ3) is 4.24. The zero-order valence-corrected chi connectivity index (χ0v) is 11.5. The van der Waals surface area contributed by atoms with Crippen molar-refractivity contribution in [3.8, 4) is 0 Å². The Balaban J connectivity index is 1.85. The second kappa shape index (κ2) is 6.57. The molecule has 1 fully saturated rings. The van der Waals surface area contributed by atoms with Gasteiger partial charge in [-0.3, -0.25) is 4.79 Å². The molecule has 0 aromatic heterocycles. The normalized spacial score (nSPS) is 14.4. The Morgan fingerprint density at radius 2 is 2.26 bits per heavy atom. The van der Waals surface area contributed by atoms with Crippen molar-refractivity contribution in [2.75, 3.05) is 26.0 Å². The van der Waals surface area contributed by atoms with Crippen LogP contribution in [0.2, 0.25) is 0 Å². The van der Waals surface area contributed by atoms with E-state index in [1.807, 2.05) is 29.2 Å². The van der Waals surface area contributed by atoms with E-state index >= 15 is 0 Å². The van der Waals surface area contributed by atoms with Crippen LogP contribution in [0, 0.1) is 0 Å². The highest BCUT2D eigenvalue weighted by Crippen LogP contribution is 2.27. The van der Waals surface area contributed by atoms with Crippen LogP contribution in [0.4, 0.5) is 5.69 Å². The first kappa shape index (κ1) is 13.9. The second-order valence-electron chi connectivity index (χ2n) is 5.06. The molecule has 0 spiro atoms. The number of rotatable bonds is 7. The maximum atomic E-state index is 12.2. The highest BCUT2D eigenvalue weighted by atomic mass is 16.5.